The minimum atomic E-state index is -1.64. The van der Waals surface area contributed by atoms with Crippen LogP contribution in [0, 0.1) is 0 Å². The molecule has 144 valence electrons. The first kappa shape index (κ1) is 17.6. The van der Waals surface area contributed by atoms with E-state index in [1.54, 1.807) is 36.5 Å². The predicted octanol–water partition coefficient (Wildman–Crippen LogP) is 4.20. The molecule has 1 amide bonds. The van der Waals surface area contributed by atoms with Gasteiger partial charge >= 0.3 is 0 Å². The van der Waals surface area contributed by atoms with Crippen LogP contribution in [0.4, 0.5) is 11.4 Å². The molecule has 3 aromatic carbocycles. The van der Waals surface area contributed by atoms with E-state index in [-0.39, 0.29) is 5.91 Å². The summed E-state index contributed by atoms with van der Waals surface area (Å²) in [5.41, 5.74) is 2.38. The van der Waals surface area contributed by atoms with E-state index in [2.05, 4.69) is 11.9 Å². The van der Waals surface area contributed by atoms with E-state index >= 15 is 0 Å². The number of hydrogen-bond acceptors (Lipinski definition) is 4. The molecular formula is C24H20N2O3. The Balaban J connectivity index is 1.74. The number of aliphatic imine (C=N–C) groups is 1. The molecule has 3 aromatic rings. The first-order valence-electron chi connectivity index (χ1n) is 9.68. The summed E-state index contributed by atoms with van der Waals surface area (Å²) < 4.78 is 5.59. The van der Waals surface area contributed by atoms with Crippen LogP contribution in [0.2, 0.25) is 0 Å². The summed E-state index contributed by atoms with van der Waals surface area (Å²) in [5, 5.41) is 12.1. The molecule has 2 aliphatic heterocycles. The highest BCUT2D eigenvalue weighted by Gasteiger charge is 2.50. The number of aryl methyl sites for hydroxylation is 1. The predicted molar refractivity (Wildman–Crippen MR) is 112 cm³/mol. The van der Waals surface area contributed by atoms with E-state index in [0.717, 1.165) is 12.0 Å². The fourth-order valence-electron chi connectivity index (χ4n) is 4.09. The molecule has 0 saturated carbocycles. The summed E-state index contributed by atoms with van der Waals surface area (Å²) in [5.74, 6) is 0.436. The maximum atomic E-state index is 13.4. The third kappa shape index (κ3) is 2.58. The van der Waals surface area contributed by atoms with Crippen LogP contribution in [0.5, 0.6) is 5.75 Å². The van der Waals surface area contributed by atoms with Gasteiger partial charge in [-0.15, -0.1) is 0 Å². The van der Waals surface area contributed by atoms with Crippen molar-refractivity contribution in [2.75, 3.05) is 11.5 Å². The molecule has 0 spiro atoms. The van der Waals surface area contributed by atoms with E-state index < -0.39 is 5.72 Å². The second kappa shape index (κ2) is 6.57. The quantitative estimate of drug-likeness (QED) is 0.736. The Morgan fingerprint density at radius 1 is 1.10 bits per heavy atom. The van der Waals surface area contributed by atoms with Crippen LogP contribution in [0.1, 0.15) is 34.0 Å². The lowest BCUT2D eigenvalue weighted by Gasteiger charge is -2.35. The summed E-state index contributed by atoms with van der Waals surface area (Å²) in [6, 6.07) is 20.3. The van der Waals surface area contributed by atoms with Crippen LogP contribution >= 0.6 is 0 Å². The lowest BCUT2D eigenvalue weighted by atomic mass is 9.93. The molecule has 2 heterocycles. The number of rotatable bonds is 3. The highest BCUT2D eigenvalue weighted by Crippen LogP contribution is 2.46. The third-order valence-electron chi connectivity index (χ3n) is 5.54. The molecule has 5 heteroatoms. The number of amides is 1. The molecule has 0 bridgehead atoms. The fourth-order valence-corrected chi connectivity index (χ4v) is 4.09. The van der Waals surface area contributed by atoms with Crippen LogP contribution in [0.3, 0.4) is 0 Å². The molecule has 1 atom stereocenters. The van der Waals surface area contributed by atoms with Gasteiger partial charge in [-0.25, -0.2) is 0 Å². The largest absolute Gasteiger partial charge is 0.486 e. The average Bonchev–Trinajstić information content (AvgIpc) is 3.01. The summed E-state index contributed by atoms with van der Waals surface area (Å²) >= 11 is 0. The van der Waals surface area contributed by atoms with Gasteiger partial charge in [-0.2, -0.15) is 0 Å². The van der Waals surface area contributed by atoms with E-state index in [1.165, 1.54) is 4.90 Å². The summed E-state index contributed by atoms with van der Waals surface area (Å²) in [6.07, 6.45) is 2.53. The topological polar surface area (TPSA) is 62.1 Å². The van der Waals surface area contributed by atoms with Crippen molar-refractivity contribution in [2.24, 2.45) is 4.99 Å². The van der Waals surface area contributed by atoms with Crippen LogP contribution in [0.25, 0.3) is 0 Å². The zero-order valence-corrected chi connectivity index (χ0v) is 16.0. The van der Waals surface area contributed by atoms with E-state index in [9.17, 15) is 9.90 Å². The smallest absolute Gasteiger partial charge is 0.261 e. The van der Waals surface area contributed by atoms with Gasteiger partial charge in [-0.05, 0) is 48.4 Å². The van der Waals surface area contributed by atoms with E-state index in [1.807, 2.05) is 36.4 Å². The van der Waals surface area contributed by atoms with Crippen molar-refractivity contribution in [2.45, 2.75) is 19.1 Å². The highest BCUT2D eigenvalue weighted by molar-refractivity contribution is 6.12. The minimum absolute atomic E-state index is 0.228. The average molecular weight is 384 g/mol. The number of carbonyl (C=O) groups is 1. The van der Waals surface area contributed by atoms with Gasteiger partial charge in [0.05, 0.1) is 0 Å². The Morgan fingerprint density at radius 2 is 1.97 bits per heavy atom. The van der Waals surface area contributed by atoms with Crippen molar-refractivity contribution in [3.05, 3.63) is 89.0 Å². The number of fused-ring (bicyclic) bond motifs is 2. The van der Waals surface area contributed by atoms with Crippen molar-refractivity contribution in [1.82, 2.24) is 0 Å². The monoisotopic (exact) mass is 384 g/mol. The molecule has 0 radical (unpaired) electrons. The van der Waals surface area contributed by atoms with E-state index in [4.69, 9.17) is 4.74 Å². The van der Waals surface area contributed by atoms with Crippen molar-refractivity contribution < 1.29 is 14.6 Å². The minimum Gasteiger partial charge on any atom is -0.486 e. The molecule has 5 rings (SSSR count). The molecule has 5 nitrogen and oxygen atoms in total. The van der Waals surface area contributed by atoms with Crippen LogP contribution < -0.4 is 9.64 Å². The van der Waals surface area contributed by atoms with Crippen LogP contribution in [-0.4, -0.2) is 23.8 Å². The molecule has 0 aliphatic carbocycles. The number of anilines is 1. The number of carbonyl (C=O) groups excluding carboxylic acids is 1. The van der Waals surface area contributed by atoms with E-state index in [0.29, 0.717) is 40.4 Å². The van der Waals surface area contributed by atoms with Crippen molar-refractivity contribution in [3.63, 3.8) is 0 Å². The van der Waals surface area contributed by atoms with Gasteiger partial charge in [-0.1, -0.05) is 37.3 Å². The van der Waals surface area contributed by atoms with Crippen molar-refractivity contribution in [3.8, 4) is 5.75 Å². The summed E-state index contributed by atoms with van der Waals surface area (Å²) in [4.78, 5) is 19.3. The number of nitrogens with zero attached hydrogens (tertiary/aromatic N) is 2. The van der Waals surface area contributed by atoms with Crippen LogP contribution in [-0.2, 0) is 12.1 Å². The standard InChI is InChI=1S/C24H20N2O3/c1-2-16-6-5-7-18(14-16)26-23(27)19-8-3-4-9-20(19)24(26,28)17-10-11-22-21(15-17)25-12-13-29-22/h3-12,14-15,28H,2,13H2,1H3. The van der Waals surface area contributed by atoms with Crippen molar-refractivity contribution >= 4 is 23.5 Å². The van der Waals surface area contributed by atoms with Gasteiger partial charge < -0.3 is 9.84 Å². The van der Waals surface area contributed by atoms with Gasteiger partial charge in [0.15, 0.2) is 5.72 Å². The fraction of sp³-hybridized carbons (Fsp3) is 0.167. The zero-order valence-electron chi connectivity index (χ0n) is 16.0. The summed E-state index contributed by atoms with van der Waals surface area (Å²) in [7, 11) is 0. The lowest BCUT2D eigenvalue weighted by molar-refractivity contribution is 0.0703. The molecule has 0 aromatic heterocycles. The van der Waals surface area contributed by atoms with Gasteiger partial charge in [0.25, 0.3) is 5.91 Å². The second-order valence-electron chi connectivity index (χ2n) is 7.19. The normalized spacial score (nSPS) is 19.7. The Morgan fingerprint density at radius 3 is 2.83 bits per heavy atom. The Bertz CT molecular complexity index is 1150. The van der Waals surface area contributed by atoms with Gasteiger partial charge in [0.2, 0.25) is 0 Å². The first-order chi connectivity index (χ1) is 14.1. The van der Waals surface area contributed by atoms with Crippen LogP contribution in [0.15, 0.2) is 71.7 Å². The highest BCUT2D eigenvalue weighted by atomic mass is 16.5. The first-order valence-corrected chi connectivity index (χ1v) is 9.68. The molecule has 2 aliphatic rings. The SMILES string of the molecule is CCc1cccc(N2C(=O)c3ccccc3C2(O)c2ccc3c(c2)N=CCO3)c1. The van der Waals surface area contributed by atoms with Crippen molar-refractivity contribution in [1.29, 1.82) is 0 Å². The molecule has 1 N–H and O–H groups in total. The Labute approximate surface area is 168 Å². The Hall–Kier alpha value is -3.44. The number of benzene rings is 3. The molecular weight excluding hydrogens is 364 g/mol. The zero-order chi connectivity index (χ0) is 20.0. The lowest BCUT2D eigenvalue weighted by Crippen LogP contribution is -2.45. The van der Waals surface area contributed by atoms with Gasteiger partial charge in [-0.3, -0.25) is 14.7 Å². The molecule has 1 unspecified atom stereocenters. The summed E-state index contributed by atoms with van der Waals surface area (Å²) in [6.45, 7) is 2.49. The second-order valence-corrected chi connectivity index (χ2v) is 7.19. The number of hydrogen-bond donors (Lipinski definition) is 1. The van der Waals surface area contributed by atoms with Gasteiger partial charge in [0.1, 0.15) is 18.0 Å². The molecule has 0 fully saturated rings. The molecule has 29 heavy (non-hydrogen) atoms. The number of ether oxygens (including phenoxy) is 1. The Kier molecular flexibility index (Phi) is 4.00. The third-order valence-corrected chi connectivity index (χ3v) is 5.54. The van der Waals surface area contributed by atoms with Gasteiger partial charge in [0, 0.05) is 28.6 Å². The molecule has 0 saturated heterocycles. The number of aliphatic hydroxyl groups is 1. The maximum Gasteiger partial charge on any atom is 0.261 e. The maximum absolute atomic E-state index is 13.4.